The second-order valence-corrected chi connectivity index (χ2v) is 13.3. The van der Waals surface area contributed by atoms with E-state index in [0.29, 0.717) is 5.92 Å². The average Bonchev–Trinajstić information content (AvgIpc) is 3.18. The van der Waals surface area contributed by atoms with Gasteiger partial charge in [0.05, 0.1) is 0 Å². The minimum absolute atomic E-state index is 0.157. The van der Waals surface area contributed by atoms with Crippen molar-refractivity contribution in [3.05, 3.63) is 81.4 Å². The molecule has 4 rings (SSSR count). The van der Waals surface area contributed by atoms with E-state index in [2.05, 4.69) is 112 Å². The Labute approximate surface area is 196 Å². The van der Waals surface area contributed by atoms with Crippen molar-refractivity contribution in [2.45, 2.75) is 98.8 Å². The predicted molar refractivity (Wildman–Crippen MR) is 141 cm³/mol. The van der Waals surface area contributed by atoms with Crippen LogP contribution in [0.2, 0.25) is 0 Å². The van der Waals surface area contributed by atoms with Crippen LogP contribution < -0.4 is 0 Å². The molecule has 0 saturated heterocycles. The van der Waals surface area contributed by atoms with Crippen molar-refractivity contribution in [1.29, 1.82) is 0 Å². The Kier molecular flexibility index (Phi) is 5.39. The van der Waals surface area contributed by atoms with Crippen LogP contribution in [-0.4, -0.2) is 0 Å². The van der Waals surface area contributed by atoms with Crippen LogP contribution in [-0.2, 0) is 10.8 Å². The third-order valence-electron chi connectivity index (χ3n) is 7.62. The van der Waals surface area contributed by atoms with Crippen LogP contribution >= 0.6 is 0 Å². The Bertz CT molecular complexity index is 1050. The maximum absolute atomic E-state index is 2.51. The molecule has 0 saturated carbocycles. The molecule has 2 aromatic carbocycles. The van der Waals surface area contributed by atoms with Gasteiger partial charge < -0.3 is 0 Å². The Hall–Kier alpha value is -2.08. The normalized spacial score (nSPS) is 17.0. The lowest BCUT2D eigenvalue weighted by Crippen LogP contribution is -2.11. The first-order chi connectivity index (χ1) is 14.7. The van der Waals surface area contributed by atoms with Gasteiger partial charge in [0, 0.05) is 5.92 Å². The molecule has 0 spiro atoms. The van der Waals surface area contributed by atoms with E-state index in [1.165, 1.54) is 33.4 Å². The van der Waals surface area contributed by atoms with Crippen molar-refractivity contribution in [3.63, 3.8) is 0 Å². The lowest BCUT2D eigenvalue weighted by atomic mass is 9.83. The molecule has 2 aliphatic rings. The zero-order valence-electron chi connectivity index (χ0n) is 22.0. The highest BCUT2D eigenvalue weighted by molar-refractivity contribution is 5.80. The number of rotatable bonds is 2. The quantitative estimate of drug-likeness (QED) is 0.448. The molecule has 0 N–H and O–H groups in total. The maximum Gasteiger partial charge on any atom is 0.0142 e. The van der Waals surface area contributed by atoms with Crippen molar-refractivity contribution >= 4 is 0 Å². The highest BCUT2D eigenvalue weighted by Gasteiger charge is 2.33. The second-order valence-electron chi connectivity index (χ2n) is 13.3. The van der Waals surface area contributed by atoms with E-state index in [1.54, 1.807) is 16.7 Å². The van der Waals surface area contributed by atoms with Gasteiger partial charge in [0.1, 0.15) is 0 Å². The molecule has 2 aliphatic carbocycles. The summed E-state index contributed by atoms with van der Waals surface area (Å²) in [5.74, 6) is 0.448. The molecular formula is C32H42. The minimum Gasteiger partial charge on any atom is -0.0660 e. The number of allylic oxidation sites excluding steroid dienone is 4. The third-order valence-corrected chi connectivity index (χ3v) is 7.62. The van der Waals surface area contributed by atoms with E-state index >= 15 is 0 Å². The Morgan fingerprint density at radius 2 is 1.16 bits per heavy atom. The van der Waals surface area contributed by atoms with Gasteiger partial charge in [0.25, 0.3) is 0 Å². The fraction of sp³-hybridized carbons (Fsp3) is 0.500. The van der Waals surface area contributed by atoms with E-state index < -0.39 is 0 Å². The van der Waals surface area contributed by atoms with Gasteiger partial charge in [-0.1, -0.05) is 116 Å². The van der Waals surface area contributed by atoms with Crippen LogP contribution in [0, 0.1) is 5.41 Å². The molecule has 32 heavy (non-hydrogen) atoms. The first-order valence-corrected chi connectivity index (χ1v) is 12.3. The fourth-order valence-corrected chi connectivity index (χ4v) is 5.23. The van der Waals surface area contributed by atoms with Crippen LogP contribution in [0.3, 0.4) is 0 Å². The summed E-state index contributed by atoms with van der Waals surface area (Å²) in [5.41, 5.74) is 14.0. The molecule has 0 nitrogen and oxygen atoms in total. The number of hydrogen-bond acceptors (Lipinski definition) is 0. The standard InChI is InChI=1S/C32H42/c1-20-15-24(32(8,9)10)16-21(20)17-27-25-13-11-22(30(2,3)4)18-28(25)29-19-23(31(5,6)7)12-14-26(27)29/h11-14,16,18-19,27H,15,17H2,1-10H3. The zero-order valence-corrected chi connectivity index (χ0v) is 22.0. The number of fused-ring (bicyclic) bond motifs is 3. The molecule has 0 heteroatoms. The number of hydrogen-bond donors (Lipinski definition) is 0. The fourth-order valence-electron chi connectivity index (χ4n) is 5.23. The maximum atomic E-state index is 2.51. The molecule has 170 valence electrons. The van der Waals surface area contributed by atoms with Gasteiger partial charge in [0.15, 0.2) is 0 Å². The topological polar surface area (TPSA) is 0 Å². The van der Waals surface area contributed by atoms with E-state index in [0.717, 1.165) is 12.8 Å². The van der Waals surface area contributed by atoms with Crippen LogP contribution in [0.15, 0.2) is 59.2 Å². The van der Waals surface area contributed by atoms with Crippen molar-refractivity contribution in [2.75, 3.05) is 0 Å². The average molecular weight is 427 g/mol. The van der Waals surface area contributed by atoms with Gasteiger partial charge in [-0.15, -0.1) is 0 Å². The summed E-state index contributed by atoms with van der Waals surface area (Å²) in [6.07, 6.45) is 4.76. The Morgan fingerprint density at radius 1 is 0.688 bits per heavy atom. The minimum atomic E-state index is 0.157. The Balaban J connectivity index is 1.83. The molecule has 0 heterocycles. The molecular weight excluding hydrogens is 384 g/mol. The van der Waals surface area contributed by atoms with Crippen molar-refractivity contribution in [2.24, 2.45) is 5.41 Å². The SMILES string of the molecule is CC1=C(CC2c3ccc(C(C)(C)C)cc3-c3cc(C(C)(C)C)ccc32)C=C(C(C)(C)C)C1. The molecule has 0 bridgehead atoms. The van der Waals surface area contributed by atoms with E-state index in [1.807, 2.05) is 0 Å². The van der Waals surface area contributed by atoms with Gasteiger partial charge in [-0.25, -0.2) is 0 Å². The van der Waals surface area contributed by atoms with Gasteiger partial charge in [0.2, 0.25) is 0 Å². The van der Waals surface area contributed by atoms with Crippen molar-refractivity contribution in [3.8, 4) is 11.1 Å². The summed E-state index contributed by atoms with van der Waals surface area (Å²) in [6, 6.07) is 14.6. The molecule has 0 aliphatic heterocycles. The first kappa shape index (κ1) is 23.1. The Morgan fingerprint density at radius 3 is 1.53 bits per heavy atom. The zero-order chi connectivity index (χ0) is 23.6. The van der Waals surface area contributed by atoms with Crippen molar-refractivity contribution < 1.29 is 0 Å². The van der Waals surface area contributed by atoms with E-state index in [-0.39, 0.29) is 16.2 Å². The molecule has 0 aromatic heterocycles. The lowest BCUT2D eigenvalue weighted by molar-refractivity contribution is 0.494. The summed E-state index contributed by atoms with van der Waals surface area (Å²) in [6.45, 7) is 23.3. The highest BCUT2D eigenvalue weighted by Crippen LogP contribution is 2.51. The van der Waals surface area contributed by atoms with E-state index in [4.69, 9.17) is 0 Å². The van der Waals surface area contributed by atoms with Gasteiger partial charge in [-0.2, -0.15) is 0 Å². The van der Waals surface area contributed by atoms with Crippen molar-refractivity contribution in [1.82, 2.24) is 0 Å². The molecule has 2 aromatic rings. The monoisotopic (exact) mass is 426 g/mol. The summed E-state index contributed by atoms with van der Waals surface area (Å²) in [5, 5.41) is 0. The molecule has 0 amide bonds. The first-order valence-electron chi connectivity index (χ1n) is 12.3. The summed E-state index contributed by atoms with van der Waals surface area (Å²) in [4.78, 5) is 0. The predicted octanol–water partition coefficient (Wildman–Crippen LogP) is 9.48. The van der Waals surface area contributed by atoms with Crippen LogP contribution in [0.4, 0.5) is 0 Å². The number of benzene rings is 2. The van der Waals surface area contributed by atoms with E-state index in [9.17, 15) is 0 Å². The lowest BCUT2D eigenvalue weighted by Gasteiger charge is -2.21. The van der Waals surface area contributed by atoms with Crippen LogP contribution in [0.25, 0.3) is 11.1 Å². The molecule has 0 radical (unpaired) electrons. The van der Waals surface area contributed by atoms with Gasteiger partial charge in [-0.05, 0) is 75.0 Å². The molecule has 0 atom stereocenters. The summed E-state index contributed by atoms with van der Waals surface area (Å²) in [7, 11) is 0. The van der Waals surface area contributed by atoms with Gasteiger partial charge >= 0.3 is 0 Å². The smallest absolute Gasteiger partial charge is 0.0142 e. The summed E-state index contributed by atoms with van der Waals surface area (Å²) < 4.78 is 0. The second kappa shape index (κ2) is 7.47. The largest absolute Gasteiger partial charge is 0.0660 e. The third kappa shape index (κ3) is 4.14. The summed E-state index contributed by atoms with van der Waals surface area (Å²) >= 11 is 0. The van der Waals surface area contributed by atoms with Crippen LogP contribution in [0.1, 0.15) is 110 Å². The molecule has 0 unspecified atom stereocenters. The highest BCUT2D eigenvalue weighted by atomic mass is 14.4. The van der Waals surface area contributed by atoms with Gasteiger partial charge in [-0.3, -0.25) is 0 Å². The molecule has 0 fully saturated rings. The van der Waals surface area contributed by atoms with Crippen LogP contribution in [0.5, 0.6) is 0 Å².